The minimum absolute atomic E-state index is 0.0131. The van der Waals surface area contributed by atoms with Gasteiger partial charge in [-0.15, -0.1) is 0 Å². The molecule has 0 radical (unpaired) electrons. The Hall–Kier alpha value is -4.92. The van der Waals surface area contributed by atoms with Gasteiger partial charge in [0.2, 0.25) is 0 Å². The highest BCUT2D eigenvalue weighted by Crippen LogP contribution is 2.31. The zero-order chi connectivity index (χ0) is 25.2. The molecule has 0 bridgehead atoms. The highest BCUT2D eigenvalue weighted by atomic mass is 16.6. The van der Waals surface area contributed by atoms with E-state index in [0.29, 0.717) is 0 Å². The number of carbonyl (C=O) groups excluding carboxylic acids is 4. The number of anilines is 2. The Bertz CT molecular complexity index is 1240. The van der Waals surface area contributed by atoms with Crippen LogP contribution in [0.1, 0.15) is 41.4 Å². The molecule has 15 nitrogen and oxygen atoms in total. The van der Waals surface area contributed by atoms with Crippen LogP contribution in [0.25, 0.3) is 0 Å². The van der Waals surface area contributed by atoms with Gasteiger partial charge in [0.25, 0.3) is 35.0 Å². The first kappa shape index (κ1) is 24.4. The number of nitro benzene ring substituents is 2. The Kier molecular flexibility index (Phi) is 6.69. The lowest BCUT2D eigenvalue weighted by Gasteiger charge is -2.02. The maximum atomic E-state index is 11.5. The summed E-state index contributed by atoms with van der Waals surface area (Å²) >= 11 is 0. The molecule has 15 heteroatoms. The van der Waals surface area contributed by atoms with Crippen molar-refractivity contribution in [3.8, 4) is 0 Å². The van der Waals surface area contributed by atoms with E-state index in [2.05, 4.69) is 5.73 Å². The molecule has 4 amide bonds. The van der Waals surface area contributed by atoms with Crippen LogP contribution in [0.3, 0.4) is 0 Å². The number of amides is 4. The molecule has 0 aromatic heterocycles. The van der Waals surface area contributed by atoms with Crippen molar-refractivity contribution in [2.45, 2.75) is 0 Å². The average Bonchev–Trinajstić information content (AvgIpc) is 3.15. The summed E-state index contributed by atoms with van der Waals surface area (Å²) in [6, 6.07) is 4.34. The number of nitrogens with two attached hydrogens (primary N) is 3. The number of hydrogen-bond acceptors (Lipinski definition) is 11. The van der Waals surface area contributed by atoms with Gasteiger partial charge in [0.1, 0.15) is 11.4 Å². The quantitative estimate of drug-likeness (QED) is 0.202. The first-order chi connectivity index (χ1) is 15.4. The molecule has 0 saturated heterocycles. The van der Waals surface area contributed by atoms with Gasteiger partial charge >= 0.3 is 0 Å². The van der Waals surface area contributed by atoms with E-state index in [0.717, 1.165) is 29.2 Å². The van der Waals surface area contributed by atoms with Gasteiger partial charge in [-0.05, 0) is 19.2 Å². The van der Waals surface area contributed by atoms with Crippen LogP contribution in [0.5, 0.6) is 0 Å². The van der Waals surface area contributed by atoms with Gasteiger partial charge in [-0.2, -0.15) is 0 Å². The van der Waals surface area contributed by atoms with Crippen LogP contribution in [-0.4, -0.2) is 52.5 Å². The standard InChI is InChI=1S/C9H7N3O4.C8H5N3O4.CH5N/c1-11-8(13)4-2-6(10)7(12(15)16)3-5(4)9(11)14;9-5-1-3-4(2-6(5)11(14)15)8(13)10-7(3)12;1-2/h2-3H,10H2,1H3;1-2H,9H2,(H,10,12,13);2H2,1H3. The van der Waals surface area contributed by atoms with Crippen LogP contribution in [-0.2, 0) is 0 Å². The van der Waals surface area contributed by atoms with E-state index in [1.54, 1.807) is 0 Å². The van der Waals surface area contributed by atoms with E-state index in [9.17, 15) is 39.4 Å². The van der Waals surface area contributed by atoms with Gasteiger partial charge in [-0.3, -0.25) is 49.6 Å². The number of hydrogen-bond donors (Lipinski definition) is 4. The summed E-state index contributed by atoms with van der Waals surface area (Å²) in [7, 11) is 2.81. The monoisotopic (exact) mass is 459 g/mol. The first-order valence-corrected chi connectivity index (χ1v) is 8.85. The smallest absolute Gasteiger partial charge is 0.292 e. The molecule has 2 aromatic carbocycles. The van der Waals surface area contributed by atoms with Crippen molar-refractivity contribution in [1.82, 2.24) is 10.2 Å². The van der Waals surface area contributed by atoms with E-state index in [1.165, 1.54) is 14.1 Å². The molecular weight excluding hydrogens is 442 g/mol. The molecule has 0 aliphatic carbocycles. The van der Waals surface area contributed by atoms with Gasteiger partial charge in [0, 0.05) is 19.2 Å². The molecule has 0 atom stereocenters. The lowest BCUT2D eigenvalue weighted by molar-refractivity contribution is -0.384. The summed E-state index contributed by atoms with van der Waals surface area (Å²) < 4.78 is 0. The van der Waals surface area contributed by atoms with Crippen molar-refractivity contribution in [1.29, 1.82) is 0 Å². The van der Waals surface area contributed by atoms with Crippen molar-refractivity contribution < 1.29 is 29.0 Å². The number of rotatable bonds is 2. The molecule has 0 saturated carbocycles. The van der Waals surface area contributed by atoms with Crippen LogP contribution in [0.15, 0.2) is 24.3 Å². The van der Waals surface area contributed by atoms with Crippen molar-refractivity contribution in [3.05, 3.63) is 66.7 Å². The van der Waals surface area contributed by atoms with Crippen molar-refractivity contribution in [2.24, 2.45) is 5.73 Å². The second-order valence-electron chi connectivity index (χ2n) is 6.38. The number of nitrogens with zero attached hydrogens (tertiary/aromatic N) is 3. The molecule has 2 aliphatic heterocycles. The Balaban J connectivity index is 0.000000218. The third-order valence-electron chi connectivity index (χ3n) is 4.51. The molecule has 2 heterocycles. The molecule has 0 unspecified atom stereocenters. The summed E-state index contributed by atoms with van der Waals surface area (Å²) in [5.74, 6) is -2.28. The van der Waals surface area contributed by atoms with Crippen molar-refractivity contribution >= 4 is 46.4 Å². The lowest BCUT2D eigenvalue weighted by Crippen LogP contribution is -2.24. The van der Waals surface area contributed by atoms with Gasteiger partial charge in [-0.1, -0.05) is 0 Å². The summed E-state index contributed by atoms with van der Waals surface area (Å²) in [5.41, 5.74) is 14.5. The summed E-state index contributed by atoms with van der Waals surface area (Å²) in [6.07, 6.45) is 0. The van der Waals surface area contributed by atoms with Crippen LogP contribution >= 0.6 is 0 Å². The fourth-order valence-electron chi connectivity index (χ4n) is 2.95. The largest absolute Gasteiger partial charge is 0.393 e. The molecule has 172 valence electrons. The number of nitrogens with one attached hydrogen (secondary N) is 1. The highest BCUT2D eigenvalue weighted by Gasteiger charge is 2.35. The molecule has 2 aliphatic rings. The van der Waals surface area contributed by atoms with Crippen LogP contribution < -0.4 is 22.5 Å². The SMILES string of the molecule is CN.CN1C(=O)c2cc(N)c([N+](=O)[O-])cc2C1=O.Nc1cc2c(cc1[N+](=O)[O-])C(=O)NC2=O. The number of carbonyl (C=O) groups is 4. The van der Waals surface area contributed by atoms with E-state index in [4.69, 9.17) is 11.5 Å². The fourth-order valence-corrected chi connectivity index (χ4v) is 2.95. The summed E-state index contributed by atoms with van der Waals surface area (Å²) in [5, 5.41) is 23.1. The zero-order valence-corrected chi connectivity index (χ0v) is 17.1. The number of fused-ring (bicyclic) bond motifs is 2. The molecule has 7 N–H and O–H groups in total. The molecule has 0 spiro atoms. The predicted molar refractivity (Wildman–Crippen MR) is 113 cm³/mol. The molecule has 0 fully saturated rings. The average molecular weight is 459 g/mol. The molecular formula is C18H17N7O8. The second-order valence-corrected chi connectivity index (χ2v) is 6.38. The van der Waals surface area contributed by atoms with E-state index >= 15 is 0 Å². The van der Waals surface area contributed by atoms with Crippen LogP contribution in [0.2, 0.25) is 0 Å². The minimum Gasteiger partial charge on any atom is -0.393 e. The Morgan fingerprint density at radius 1 is 0.727 bits per heavy atom. The van der Waals surface area contributed by atoms with Crippen molar-refractivity contribution in [3.63, 3.8) is 0 Å². The Morgan fingerprint density at radius 2 is 1.06 bits per heavy atom. The Labute approximate surface area is 184 Å². The summed E-state index contributed by atoms with van der Waals surface area (Å²) in [4.78, 5) is 66.0. The minimum atomic E-state index is -0.703. The first-order valence-electron chi connectivity index (χ1n) is 8.85. The Morgan fingerprint density at radius 3 is 1.48 bits per heavy atom. The third kappa shape index (κ3) is 4.28. The van der Waals surface area contributed by atoms with Gasteiger partial charge < -0.3 is 17.2 Å². The van der Waals surface area contributed by atoms with Crippen LogP contribution in [0.4, 0.5) is 22.7 Å². The maximum Gasteiger partial charge on any atom is 0.292 e. The number of imide groups is 2. The van der Waals surface area contributed by atoms with E-state index in [1.807, 2.05) is 5.32 Å². The lowest BCUT2D eigenvalue weighted by atomic mass is 10.1. The number of nitrogen functional groups attached to an aromatic ring is 2. The zero-order valence-electron chi connectivity index (χ0n) is 17.1. The topological polar surface area (TPSA) is 248 Å². The highest BCUT2D eigenvalue weighted by molar-refractivity contribution is 6.22. The van der Waals surface area contributed by atoms with Gasteiger partial charge in [0.15, 0.2) is 0 Å². The normalized spacial score (nSPS) is 13.2. The van der Waals surface area contributed by atoms with E-state index < -0.39 is 33.5 Å². The molecule has 33 heavy (non-hydrogen) atoms. The molecule has 4 rings (SSSR count). The predicted octanol–water partition coefficient (Wildman–Crippen LogP) is 0.0383. The maximum absolute atomic E-state index is 11.5. The van der Waals surface area contributed by atoms with Gasteiger partial charge in [-0.25, -0.2) is 0 Å². The van der Waals surface area contributed by atoms with Crippen LogP contribution in [0, 0.1) is 20.2 Å². The van der Waals surface area contributed by atoms with Gasteiger partial charge in [0.05, 0.1) is 32.1 Å². The van der Waals surface area contributed by atoms with E-state index in [-0.39, 0.29) is 45.0 Å². The second kappa shape index (κ2) is 9.06. The number of nitro groups is 2. The fraction of sp³-hybridized carbons (Fsp3) is 0.111. The molecule has 2 aromatic rings. The number of benzene rings is 2. The van der Waals surface area contributed by atoms with Crippen molar-refractivity contribution in [2.75, 3.05) is 25.6 Å². The third-order valence-corrected chi connectivity index (χ3v) is 4.51. The summed E-state index contributed by atoms with van der Waals surface area (Å²) in [6.45, 7) is 0.